The molecule has 1 unspecified atom stereocenters. The first kappa shape index (κ1) is 13.7. The fourth-order valence-corrected chi connectivity index (χ4v) is 1.99. The summed E-state index contributed by atoms with van der Waals surface area (Å²) in [7, 11) is 0. The van der Waals surface area contributed by atoms with Crippen LogP contribution in [0.5, 0.6) is 5.75 Å². The first-order chi connectivity index (χ1) is 8.12. The van der Waals surface area contributed by atoms with E-state index < -0.39 is 0 Å². The van der Waals surface area contributed by atoms with E-state index in [2.05, 4.69) is 31.7 Å². The lowest BCUT2D eigenvalue weighted by Gasteiger charge is -2.30. The van der Waals surface area contributed by atoms with Gasteiger partial charge in [-0.2, -0.15) is 0 Å². The van der Waals surface area contributed by atoms with E-state index in [1.165, 1.54) is 0 Å². The molecule has 0 aliphatic rings. The van der Waals surface area contributed by atoms with Gasteiger partial charge in [-0.1, -0.05) is 6.92 Å². The SMILES string of the molecule is CCOc1cc(N)cc(N(CC)C(C)CC)c1. The highest BCUT2D eigenvalue weighted by atomic mass is 16.5. The van der Waals surface area contributed by atoms with Gasteiger partial charge in [0.05, 0.1) is 6.61 Å². The summed E-state index contributed by atoms with van der Waals surface area (Å²) >= 11 is 0. The van der Waals surface area contributed by atoms with Gasteiger partial charge >= 0.3 is 0 Å². The summed E-state index contributed by atoms with van der Waals surface area (Å²) in [5.41, 5.74) is 7.82. The molecule has 17 heavy (non-hydrogen) atoms. The molecule has 0 amide bonds. The highest BCUT2D eigenvalue weighted by molar-refractivity contribution is 5.61. The minimum absolute atomic E-state index is 0.510. The molecule has 1 aromatic carbocycles. The van der Waals surface area contributed by atoms with Crippen LogP contribution in [0.3, 0.4) is 0 Å². The third-order valence-electron chi connectivity index (χ3n) is 3.02. The van der Waals surface area contributed by atoms with Crippen molar-refractivity contribution in [2.75, 3.05) is 23.8 Å². The zero-order chi connectivity index (χ0) is 12.8. The number of nitrogens with zero attached hydrogens (tertiary/aromatic N) is 1. The van der Waals surface area contributed by atoms with Gasteiger partial charge in [0.2, 0.25) is 0 Å². The fourth-order valence-electron chi connectivity index (χ4n) is 1.99. The fraction of sp³-hybridized carbons (Fsp3) is 0.571. The standard InChI is InChI=1S/C14H24N2O/c1-5-11(4)16(6-2)13-8-12(15)9-14(10-13)17-7-3/h8-11H,5-7,15H2,1-4H3. The van der Waals surface area contributed by atoms with Crippen LogP contribution in [-0.4, -0.2) is 19.2 Å². The van der Waals surface area contributed by atoms with Crippen molar-refractivity contribution >= 4 is 11.4 Å². The second kappa shape index (κ2) is 6.38. The van der Waals surface area contributed by atoms with Crippen molar-refractivity contribution in [3.05, 3.63) is 18.2 Å². The molecule has 96 valence electrons. The van der Waals surface area contributed by atoms with Crippen molar-refractivity contribution in [1.82, 2.24) is 0 Å². The molecule has 0 spiro atoms. The number of ether oxygens (including phenoxy) is 1. The molecule has 3 nitrogen and oxygen atoms in total. The summed E-state index contributed by atoms with van der Waals surface area (Å²) in [5, 5.41) is 0. The van der Waals surface area contributed by atoms with E-state index in [9.17, 15) is 0 Å². The minimum atomic E-state index is 0.510. The second-order valence-electron chi connectivity index (χ2n) is 4.24. The summed E-state index contributed by atoms with van der Waals surface area (Å²) in [5.74, 6) is 0.851. The van der Waals surface area contributed by atoms with E-state index in [1.807, 2.05) is 19.1 Å². The predicted molar refractivity (Wildman–Crippen MR) is 74.8 cm³/mol. The number of nitrogens with two attached hydrogens (primary N) is 1. The van der Waals surface area contributed by atoms with Gasteiger partial charge in [-0.15, -0.1) is 0 Å². The molecule has 0 radical (unpaired) electrons. The molecule has 1 rings (SSSR count). The third-order valence-corrected chi connectivity index (χ3v) is 3.02. The Morgan fingerprint density at radius 1 is 1.24 bits per heavy atom. The summed E-state index contributed by atoms with van der Waals surface area (Å²) in [6, 6.07) is 6.46. The van der Waals surface area contributed by atoms with E-state index in [-0.39, 0.29) is 0 Å². The molecule has 0 heterocycles. The minimum Gasteiger partial charge on any atom is -0.494 e. The summed E-state index contributed by atoms with van der Waals surface area (Å²) < 4.78 is 5.53. The maximum atomic E-state index is 5.92. The molecule has 1 aromatic rings. The zero-order valence-electron chi connectivity index (χ0n) is 11.4. The molecule has 0 aliphatic heterocycles. The van der Waals surface area contributed by atoms with E-state index in [4.69, 9.17) is 10.5 Å². The Morgan fingerprint density at radius 2 is 1.94 bits per heavy atom. The van der Waals surface area contributed by atoms with Crippen LogP contribution < -0.4 is 15.4 Å². The van der Waals surface area contributed by atoms with Crippen LogP contribution in [0.4, 0.5) is 11.4 Å². The Hall–Kier alpha value is -1.38. The number of rotatable bonds is 6. The number of anilines is 2. The average Bonchev–Trinajstić information content (AvgIpc) is 2.29. The lowest BCUT2D eigenvalue weighted by atomic mass is 10.1. The Balaban J connectivity index is 3.01. The highest BCUT2D eigenvalue weighted by Crippen LogP contribution is 2.27. The summed E-state index contributed by atoms with van der Waals surface area (Å²) in [4.78, 5) is 2.35. The summed E-state index contributed by atoms with van der Waals surface area (Å²) in [6.45, 7) is 10.2. The number of nitrogen functional groups attached to an aromatic ring is 1. The van der Waals surface area contributed by atoms with Crippen molar-refractivity contribution < 1.29 is 4.74 Å². The lowest BCUT2D eigenvalue weighted by molar-refractivity contribution is 0.340. The van der Waals surface area contributed by atoms with Gasteiger partial charge < -0.3 is 15.4 Å². The Bertz CT molecular complexity index is 352. The van der Waals surface area contributed by atoms with E-state index >= 15 is 0 Å². The molecular formula is C14H24N2O. The van der Waals surface area contributed by atoms with Crippen LogP contribution in [0.15, 0.2) is 18.2 Å². The maximum absolute atomic E-state index is 5.92. The Labute approximate surface area is 105 Å². The van der Waals surface area contributed by atoms with E-state index in [1.54, 1.807) is 0 Å². The molecule has 1 atom stereocenters. The van der Waals surface area contributed by atoms with Gasteiger partial charge in [0, 0.05) is 36.1 Å². The van der Waals surface area contributed by atoms with Crippen molar-refractivity contribution in [1.29, 1.82) is 0 Å². The number of hydrogen-bond donors (Lipinski definition) is 1. The van der Waals surface area contributed by atoms with Gasteiger partial charge in [-0.3, -0.25) is 0 Å². The van der Waals surface area contributed by atoms with Crippen molar-refractivity contribution in [3.8, 4) is 5.75 Å². The smallest absolute Gasteiger partial charge is 0.123 e. The molecule has 0 saturated carbocycles. The van der Waals surface area contributed by atoms with Crippen molar-refractivity contribution in [2.45, 2.75) is 40.2 Å². The molecule has 0 aliphatic carbocycles. The van der Waals surface area contributed by atoms with Crippen LogP contribution >= 0.6 is 0 Å². The van der Waals surface area contributed by atoms with Crippen LogP contribution in [0.1, 0.15) is 34.1 Å². The quantitative estimate of drug-likeness (QED) is 0.770. The molecule has 0 aromatic heterocycles. The second-order valence-corrected chi connectivity index (χ2v) is 4.24. The first-order valence-electron chi connectivity index (χ1n) is 6.42. The van der Waals surface area contributed by atoms with Gasteiger partial charge in [0.15, 0.2) is 0 Å². The molecule has 0 saturated heterocycles. The molecule has 3 heteroatoms. The number of hydrogen-bond acceptors (Lipinski definition) is 3. The highest BCUT2D eigenvalue weighted by Gasteiger charge is 2.12. The van der Waals surface area contributed by atoms with E-state index in [0.29, 0.717) is 12.6 Å². The monoisotopic (exact) mass is 236 g/mol. The molecule has 2 N–H and O–H groups in total. The van der Waals surface area contributed by atoms with Gasteiger partial charge in [0.25, 0.3) is 0 Å². The van der Waals surface area contributed by atoms with Gasteiger partial charge in [-0.25, -0.2) is 0 Å². The normalized spacial score (nSPS) is 12.2. The van der Waals surface area contributed by atoms with Gasteiger partial charge in [0.1, 0.15) is 5.75 Å². The zero-order valence-corrected chi connectivity index (χ0v) is 11.4. The van der Waals surface area contributed by atoms with Crippen LogP contribution in [0.25, 0.3) is 0 Å². The van der Waals surface area contributed by atoms with Crippen LogP contribution in [0, 0.1) is 0 Å². The Morgan fingerprint density at radius 3 is 2.47 bits per heavy atom. The van der Waals surface area contributed by atoms with Crippen LogP contribution in [0.2, 0.25) is 0 Å². The topological polar surface area (TPSA) is 38.5 Å². The van der Waals surface area contributed by atoms with Gasteiger partial charge in [-0.05, 0) is 33.3 Å². The van der Waals surface area contributed by atoms with E-state index in [0.717, 1.165) is 30.1 Å². The van der Waals surface area contributed by atoms with Crippen LogP contribution in [-0.2, 0) is 0 Å². The van der Waals surface area contributed by atoms with Crippen molar-refractivity contribution in [2.24, 2.45) is 0 Å². The summed E-state index contributed by atoms with van der Waals surface area (Å²) in [6.07, 6.45) is 1.12. The largest absolute Gasteiger partial charge is 0.494 e. The predicted octanol–water partition coefficient (Wildman–Crippen LogP) is 3.29. The van der Waals surface area contributed by atoms with Crippen molar-refractivity contribution in [3.63, 3.8) is 0 Å². The third kappa shape index (κ3) is 3.55. The molecule has 0 fully saturated rings. The Kier molecular flexibility index (Phi) is 5.13. The number of benzene rings is 1. The maximum Gasteiger partial charge on any atom is 0.123 e. The molecule has 0 bridgehead atoms. The lowest BCUT2D eigenvalue weighted by Crippen LogP contribution is -2.32. The molecular weight excluding hydrogens is 212 g/mol. The average molecular weight is 236 g/mol. The first-order valence-corrected chi connectivity index (χ1v) is 6.42.